The zero-order valence-electron chi connectivity index (χ0n) is 10.9. The molecule has 1 rings (SSSR count). The fourth-order valence-corrected chi connectivity index (χ4v) is 1.73. The number of hydrogen-bond donors (Lipinski definition) is 1. The second kappa shape index (κ2) is 7.93. The summed E-state index contributed by atoms with van der Waals surface area (Å²) in [5, 5.41) is 7.45. The van der Waals surface area contributed by atoms with Gasteiger partial charge in [-0.1, -0.05) is 37.1 Å². The molecule has 0 amide bonds. The lowest BCUT2D eigenvalue weighted by Crippen LogP contribution is -2.24. The Bertz CT molecular complexity index is 454. The highest BCUT2D eigenvalue weighted by Crippen LogP contribution is 2.15. The van der Waals surface area contributed by atoms with Gasteiger partial charge in [-0.2, -0.15) is 5.10 Å². The number of hydrogen-bond acceptors (Lipinski definition) is 3. The summed E-state index contributed by atoms with van der Waals surface area (Å²) in [6.45, 7) is 5.41. The third-order valence-corrected chi connectivity index (χ3v) is 2.94. The Labute approximate surface area is 113 Å². The van der Waals surface area contributed by atoms with Gasteiger partial charge in [0.2, 0.25) is 0 Å². The fourth-order valence-electron chi connectivity index (χ4n) is 1.51. The van der Waals surface area contributed by atoms with Crippen LogP contribution in [0.5, 0.6) is 0 Å². The minimum absolute atomic E-state index is 0.221. The van der Waals surface area contributed by atoms with Gasteiger partial charge in [-0.15, -0.1) is 0 Å². The summed E-state index contributed by atoms with van der Waals surface area (Å²) in [6.07, 6.45) is 8.51. The Morgan fingerprint density at radius 1 is 1.56 bits per heavy atom. The molecule has 100 valence electrons. The molecule has 5 heteroatoms. The number of halogens is 1. The second-order valence-electron chi connectivity index (χ2n) is 4.04. The van der Waals surface area contributed by atoms with Gasteiger partial charge in [-0.25, -0.2) is 4.68 Å². The highest BCUT2D eigenvalue weighted by Gasteiger charge is 2.08. The first-order valence-electron chi connectivity index (χ1n) is 6.31. The predicted octanol–water partition coefficient (Wildman–Crippen LogP) is 3.07. The summed E-state index contributed by atoms with van der Waals surface area (Å²) in [6, 6.07) is 0. The van der Waals surface area contributed by atoms with Gasteiger partial charge in [0.15, 0.2) is 0 Å². The summed E-state index contributed by atoms with van der Waals surface area (Å²) in [4.78, 5) is 11.9. The molecule has 0 saturated heterocycles. The molecule has 1 heterocycles. The number of anilines is 1. The van der Waals surface area contributed by atoms with Crippen molar-refractivity contribution >= 4 is 17.3 Å². The molecule has 0 spiro atoms. The number of nitrogens with zero attached hydrogens (tertiary/aromatic N) is 2. The third kappa shape index (κ3) is 4.18. The average Bonchev–Trinajstić information content (AvgIpc) is 2.38. The van der Waals surface area contributed by atoms with Gasteiger partial charge < -0.3 is 5.32 Å². The van der Waals surface area contributed by atoms with Crippen LogP contribution in [0.25, 0.3) is 0 Å². The van der Waals surface area contributed by atoms with Gasteiger partial charge in [-0.3, -0.25) is 4.79 Å². The number of allylic oxidation sites excluding steroid dienone is 1. The smallest absolute Gasteiger partial charge is 0.287 e. The van der Waals surface area contributed by atoms with Crippen molar-refractivity contribution in [3.05, 3.63) is 33.7 Å². The molecule has 0 unspecified atom stereocenters. The lowest BCUT2D eigenvalue weighted by Gasteiger charge is -2.09. The summed E-state index contributed by atoms with van der Waals surface area (Å²) >= 11 is 6.04. The molecule has 0 bridgehead atoms. The zero-order chi connectivity index (χ0) is 13.4. The molecule has 1 aromatic heterocycles. The minimum Gasteiger partial charge on any atom is -0.382 e. The quantitative estimate of drug-likeness (QED) is 0.611. The van der Waals surface area contributed by atoms with Crippen molar-refractivity contribution in [3.8, 4) is 0 Å². The summed E-state index contributed by atoms with van der Waals surface area (Å²) in [7, 11) is 0. The number of aromatic nitrogens is 2. The van der Waals surface area contributed by atoms with Gasteiger partial charge in [0.05, 0.1) is 11.9 Å². The molecular weight excluding hydrogens is 250 g/mol. The van der Waals surface area contributed by atoms with Crippen molar-refractivity contribution in [3.63, 3.8) is 0 Å². The van der Waals surface area contributed by atoms with Gasteiger partial charge >= 0.3 is 0 Å². The molecule has 0 aliphatic heterocycles. The minimum atomic E-state index is -0.221. The number of unbranched alkanes of at least 4 members (excludes halogenated alkanes) is 1. The standard InChI is InChI=1S/C13H20ClN3O/c1-3-5-7-8-15-11-10-16-17(9-6-4-2)13(18)12(11)14/h3,5,10,15H,4,6-9H2,1-2H3/b5-3+. The zero-order valence-corrected chi connectivity index (χ0v) is 11.7. The normalized spacial score (nSPS) is 11.1. The van der Waals surface area contributed by atoms with E-state index in [1.807, 2.05) is 13.0 Å². The van der Waals surface area contributed by atoms with E-state index in [1.165, 1.54) is 4.68 Å². The number of aryl methyl sites for hydroxylation is 1. The summed E-state index contributed by atoms with van der Waals surface area (Å²) in [5.41, 5.74) is 0.389. The number of rotatable bonds is 7. The van der Waals surface area contributed by atoms with Crippen LogP contribution < -0.4 is 10.9 Å². The van der Waals surface area contributed by atoms with Crippen LogP contribution in [0.3, 0.4) is 0 Å². The van der Waals surface area contributed by atoms with Crippen LogP contribution >= 0.6 is 11.6 Å². The van der Waals surface area contributed by atoms with Crippen molar-refractivity contribution in [2.24, 2.45) is 0 Å². The van der Waals surface area contributed by atoms with Crippen molar-refractivity contribution in [1.29, 1.82) is 0 Å². The molecule has 1 aromatic rings. The first-order chi connectivity index (χ1) is 8.70. The van der Waals surface area contributed by atoms with Gasteiger partial charge in [-0.05, 0) is 19.8 Å². The maximum Gasteiger partial charge on any atom is 0.287 e. The van der Waals surface area contributed by atoms with E-state index in [2.05, 4.69) is 23.4 Å². The topological polar surface area (TPSA) is 46.9 Å². The molecule has 0 aliphatic rings. The molecule has 0 aliphatic carbocycles. The fraction of sp³-hybridized carbons (Fsp3) is 0.538. The average molecular weight is 270 g/mol. The summed E-state index contributed by atoms with van der Waals surface area (Å²) in [5.74, 6) is 0. The predicted molar refractivity (Wildman–Crippen MR) is 76.3 cm³/mol. The summed E-state index contributed by atoms with van der Waals surface area (Å²) < 4.78 is 1.42. The maximum absolute atomic E-state index is 11.9. The van der Waals surface area contributed by atoms with Crippen LogP contribution in [0.4, 0.5) is 5.69 Å². The Morgan fingerprint density at radius 3 is 3.00 bits per heavy atom. The van der Waals surface area contributed by atoms with Crippen LogP contribution in [-0.4, -0.2) is 16.3 Å². The SMILES string of the molecule is C/C=C/CCNc1cnn(CCCC)c(=O)c1Cl. The molecule has 0 fully saturated rings. The van der Waals surface area contributed by atoms with Crippen molar-refractivity contribution < 1.29 is 0 Å². The van der Waals surface area contributed by atoms with Crippen molar-refractivity contribution in [2.45, 2.75) is 39.7 Å². The molecule has 0 aromatic carbocycles. The van der Waals surface area contributed by atoms with Crippen LogP contribution in [-0.2, 0) is 6.54 Å². The Kier molecular flexibility index (Phi) is 6.50. The van der Waals surface area contributed by atoms with Gasteiger partial charge in [0.25, 0.3) is 5.56 Å². The van der Waals surface area contributed by atoms with E-state index in [9.17, 15) is 4.79 Å². The van der Waals surface area contributed by atoms with Crippen LogP contribution in [0.1, 0.15) is 33.1 Å². The van der Waals surface area contributed by atoms with Gasteiger partial charge in [0.1, 0.15) is 5.02 Å². The van der Waals surface area contributed by atoms with E-state index >= 15 is 0 Å². The second-order valence-corrected chi connectivity index (χ2v) is 4.42. The van der Waals surface area contributed by atoms with E-state index in [0.29, 0.717) is 12.2 Å². The molecule has 4 nitrogen and oxygen atoms in total. The van der Waals surface area contributed by atoms with Crippen molar-refractivity contribution in [1.82, 2.24) is 9.78 Å². The number of nitrogens with one attached hydrogen (secondary N) is 1. The van der Waals surface area contributed by atoms with E-state index in [0.717, 1.165) is 25.8 Å². The largest absolute Gasteiger partial charge is 0.382 e. The molecular formula is C13H20ClN3O. The van der Waals surface area contributed by atoms with E-state index in [1.54, 1.807) is 6.20 Å². The van der Waals surface area contributed by atoms with Crippen LogP contribution in [0.15, 0.2) is 23.1 Å². The molecule has 0 radical (unpaired) electrons. The lowest BCUT2D eigenvalue weighted by molar-refractivity contribution is 0.543. The molecule has 0 atom stereocenters. The molecule has 0 saturated carbocycles. The third-order valence-electron chi connectivity index (χ3n) is 2.57. The molecule has 1 N–H and O–H groups in total. The van der Waals surface area contributed by atoms with Crippen LogP contribution in [0, 0.1) is 0 Å². The Morgan fingerprint density at radius 2 is 2.33 bits per heavy atom. The molecule has 18 heavy (non-hydrogen) atoms. The van der Waals surface area contributed by atoms with Gasteiger partial charge in [0, 0.05) is 13.1 Å². The van der Waals surface area contributed by atoms with E-state index < -0.39 is 0 Å². The van der Waals surface area contributed by atoms with E-state index in [-0.39, 0.29) is 10.6 Å². The Hall–Kier alpha value is -1.29. The lowest BCUT2D eigenvalue weighted by atomic mass is 10.3. The van der Waals surface area contributed by atoms with Crippen LogP contribution in [0.2, 0.25) is 5.02 Å². The monoisotopic (exact) mass is 269 g/mol. The Balaban J connectivity index is 2.71. The maximum atomic E-state index is 11.9. The first kappa shape index (κ1) is 14.8. The highest BCUT2D eigenvalue weighted by molar-refractivity contribution is 6.32. The van der Waals surface area contributed by atoms with E-state index in [4.69, 9.17) is 11.6 Å². The van der Waals surface area contributed by atoms with Crippen molar-refractivity contribution in [2.75, 3.05) is 11.9 Å². The first-order valence-corrected chi connectivity index (χ1v) is 6.69. The highest BCUT2D eigenvalue weighted by atomic mass is 35.5.